The maximum absolute atomic E-state index is 11.7. The van der Waals surface area contributed by atoms with Crippen molar-refractivity contribution in [3.05, 3.63) is 69.8 Å². The molecule has 1 aromatic heterocycles. The molecule has 0 aliphatic carbocycles. The molecule has 4 nitrogen and oxygen atoms in total. The number of benzene rings is 2. The van der Waals surface area contributed by atoms with Crippen molar-refractivity contribution in [2.45, 2.75) is 20.8 Å². The number of nitrogens with one attached hydrogen (secondary N) is 1. The Balaban J connectivity index is 0.000000799. The van der Waals surface area contributed by atoms with Gasteiger partial charge in [-0.05, 0) is 13.0 Å². The van der Waals surface area contributed by atoms with Crippen molar-refractivity contribution in [1.82, 2.24) is 10.2 Å². The fourth-order valence-electron chi connectivity index (χ4n) is 2.05. The molecule has 0 aliphatic rings. The van der Waals surface area contributed by atoms with Crippen molar-refractivity contribution in [1.29, 1.82) is 0 Å². The van der Waals surface area contributed by atoms with Crippen LogP contribution < -0.4 is 63.7 Å². The average molecular weight is 396 g/mol. The van der Waals surface area contributed by atoms with Gasteiger partial charge < -0.3 is 5.32 Å². The van der Waals surface area contributed by atoms with Crippen LogP contribution >= 0.6 is 0 Å². The minimum Gasteiger partial charge on any atom is -0.668 e. The second-order valence-corrected chi connectivity index (χ2v) is 4.76. The predicted molar refractivity (Wildman–Crippen MR) is 99.1 cm³/mol. The first-order chi connectivity index (χ1) is 11.2. The second kappa shape index (κ2) is 12.7. The number of aromatic amines is 1. The third kappa shape index (κ3) is 6.34. The third-order valence-electron chi connectivity index (χ3n) is 3.02. The Kier molecular flexibility index (Phi) is 12.3. The SMILES string of the molecule is CC.C[N-]C.Cc1ccc(-c2n[nH]c(=O)c3ccccc23)cc1.[Rb+]. The zero-order chi connectivity index (χ0) is 17.2. The van der Waals surface area contributed by atoms with E-state index in [1.54, 1.807) is 14.1 Å². The molecule has 3 rings (SSSR count). The number of fused-ring (bicyclic) bond motifs is 1. The molecule has 24 heavy (non-hydrogen) atoms. The third-order valence-corrected chi connectivity index (χ3v) is 3.02. The van der Waals surface area contributed by atoms with Gasteiger partial charge in [0.1, 0.15) is 0 Å². The number of rotatable bonds is 1. The molecule has 0 aliphatic heterocycles. The van der Waals surface area contributed by atoms with Crippen molar-refractivity contribution < 1.29 is 58.2 Å². The van der Waals surface area contributed by atoms with Crippen LogP contribution in [-0.4, -0.2) is 24.3 Å². The standard InChI is InChI=1S/C15H12N2O.C2H6N.C2H6.Rb/c1-10-6-8-11(9-7-10)14-12-4-2-3-5-13(12)15(18)17-16-14;1-3-2;1-2;/h2-9H,1H3,(H,17,18);1-2H3;1-2H3;/q;-1;;+1. The van der Waals surface area contributed by atoms with Gasteiger partial charge in [-0.15, -0.1) is 0 Å². The molecule has 0 saturated heterocycles. The molecule has 5 heteroatoms. The van der Waals surface area contributed by atoms with Gasteiger partial charge >= 0.3 is 58.2 Å². The van der Waals surface area contributed by atoms with Crippen LogP contribution in [0, 0.1) is 6.92 Å². The molecule has 1 N–H and O–H groups in total. The molecule has 0 spiro atoms. The summed E-state index contributed by atoms with van der Waals surface area (Å²) in [5.41, 5.74) is 2.87. The number of aromatic nitrogens is 2. The Bertz CT molecular complexity index is 782. The first kappa shape index (κ1) is 23.3. The first-order valence-corrected chi connectivity index (χ1v) is 7.69. The summed E-state index contributed by atoms with van der Waals surface area (Å²) in [5.74, 6) is 0. The zero-order valence-electron chi connectivity index (χ0n) is 15.4. The molecule has 3 aromatic rings. The normalized spacial score (nSPS) is 9.04. The van der Waals surface area contributed by atoms with Crippen LogP contribution in [0.15, 0.2) is 53.3 Å². The largest absolute Gasteiger partial charge is 1.00 e. The summed E-state index contributed by atoms with van der Waals surface area (Å²) in [5, 5.41) is 11.8. The van der Waals surface area contributed by atoms with Crippen LogP contribution in [0.4, 0.5) is 0 Å². The van der Waals surface area contributed by atoms with E-state index in [9.17, 15) is 4.79 Å². The van der Waals surface area contributed by atoms with Gasteiger partial charge in [-0.1, -0.05) is 61.9 Å². The predicted octanol–water partition coefficient (Wildman–Crippen LogP) is 1.55. The maximum Gasteiger partial charge on any atom is 1.00 e. The monoisotopic (exact) mass is 395 g/mol. The van der Waals surface area contributed by atoms with Gasteiger partial charge in [-0.25, -0.2) is 5.10 Å². The number of aryl methyl sites for hydroxylation is 1. The Labute approximate surface area is 192 Å². The molecule has 0 radical (unpaired) electrons. The first-order valence-electron chi connectivity index (χ1n) is 7.69. The molecule has 1 heterocycles. The van der Waals surface area contributed by atoms with E-state index >= 15 is 0 Å². The van der Waals surface area contributed by atoms with E-state index in [1.807, 2.05) is 69.3 Å². The van der Waals surface area contributed by atoms with Crippen LogP contribution in [0.2, 0.25) is 0 Å². The summed E-state index contributed by atoms with van der Waals surface area (Å²) in [7, 11) is 3.50. The van der Waals surface area contributed by atoms with Gasteiger partial charge in [0.25, 0.3) is 5.56 Å². The molecule has 2 aromatic carbocycles. The van der Waals surface area contributed by atoms with Gasteiger partial charge in [-0.3, -0.25) is 4.79 Å². The van der Waals surface area contributed by atoms with Crippen LogP contribution in [0.3, 0.4) is 0 Å². The van der Waals surface area contributed by atoms with E-state index in [0.717, 1.165) is 16.6 Å². The van der Waals surface area contributed by atoms with Gasteiger partial charge in [0.15, 0.2) is 0 Å². The number of hydrogen-bond acceptors (Lipinski definition) is 2. The molecule has 0 unspecified atom stereocenters. The summed E-state index contributed by atoms with van der Waals surface area (Å²) in [6.07, 6.45) is 0. The molecule has 122 valence electrons. The van der Waals surface area contributed by atoms with Gasteiger partial charge in [0, 0.05) is 10.9 Å². The number of nitrogens with zero attached hydrogens (tertiary/aromatic N) is 2. The second-order valence-electron chi connectivity index (χ2n) is 4.76. The minimum atomic E-state index is -0.151. The van der Waals surface area contributed by atoms with Gasteiger partial charge in [-0.2, -0.15) is 19.2 Å². The molecule has 0 atom stereocenters. The molecular weight excluding hydrogens is 372 g/mol. The Morgan fingerprint density at radius 3 is 1.96 bits per heavy atom. The number of hydrogen-bond donors (Lipinski definition) is 1. The summed E-state index contributed by atoms with van der Waals surface area (Å²) < 4.78 is 0. The molecule has 0 amide bonds. The Hall–Kier alpha value is -0.655. The van der Waals surface area contributed by atoms with Crippen LogP contribution in [0.1, 0.15) is 19.4 Å². The average Bonchev–Trinajstić information content (AvgIpc) is 2.59. The van der Waals surface area contributed by atoms with Gasteiger partial charge in [0.2, 0.25) is 0 Å². The fraction of sp³-hybridized carbons (Fsp3) is 0.263. The van der Waals surface area contributed by atoms with E-state index < -0.39 is 0 Å². The summed E-state index contributed by atoms with van der Waals surface area (Å²) in [6, 6.07) is 15.6. The van der Waals surface area contributed by atoms with Crippen molar-refractivity contribution in [2.24, 2.45) is 0 Å². The van der Waals surface area contributed by atoms with Crippen LogP contribution in [0.25, 0.3) is 27.3 Å². The summed E-state index contributed by atoms with van der Waals surface area (Å²) >= 11 is 0. The van der Waals surface area contributed by atoms with E-state index in [2.05, 4.69) is 15.5 Å². The Morgan fingerprint density at radius 2 is 1.42 bits per heavy atom. The van der Waals surface area contributed by atoms with Gasteiger partial charge in [0.05, 0.1) is 11.1 Å². The van der Waals surface area contributed by atoms with Crippen molar-refractivity contribution in [3.63, 3.8) is 0 Å². The van der Waals surface area contributed by atoms with Crippen molar-refractivity contribution in [3.8, 4) is 11.3 Å². The van der Waals surface area contributed by atoms with E-state index in [4.69, 9.17) is 0 Å². The minimum absolute atomic E-state index is 0. The van der Waals surface area contributed by atoms with E-state index in [0.29, 0.717) is 5.39 Å². The van der Waals surface area contributed by atoms with Crippen molar-refractivity contribution in [2.75, 3.05) is 14.1 Å². The van der Waals surface area contributed by atoms with Crippen LogP contribution in [0.5, 0.6) is 0 Å². The quantitative estimate of drug-likeness (QED) is 0.679. The van der Waals surface area contributed by atoms with E-state index in [1.165, 1.54) is 5.56 Å². The molecular formula is C19H24N3ORb. The topological polar surface area (TPSA) is 59.9 Å². The van der Waals surface area contributed by atoms with Crippen LogP contribution in [-0.2, 0) is 0 Å². The Morgan fingerprint density at radius 1 is 0.917 bits per heavy atom. The summed E-state index contributed by atoms with van der Waals surface area (Å²) in [4.78, 5) is 11.7. The maximum atomic E-state index is 11.7. The summed E-state index contributed by atoms with van der Waals surface area (Å²) in [6.45, 7) is 6.04. The molecule has 0 saturated carbocycles. The smallest absolute Gasteiger partial charge is 0.668 e. The molecule has 0 bridgehead atoms. The van der Waals surface area contributed by atoms with E-state index in [-0.39, 0.29) is 63.7 Å². The van der Waals surface area contributed by atoms with Crippen molar-refractivity contribution >= 4 is 10.8 Å². The molecule has 0 fully saturated rings. The number of H-pyrrole nitrogens is 1. The fourth-order valence-corrected chi connectivity index (χ4v) is 2.05. The zero-order valence-corrected chi connectivity index (χ0v) is 20.3.